The van der Waals surface area contributed by atoms with Gasteiger partial charge in [-0.2, -0.15) is 0 Å². The van der Waals surface area contributed by atoms with Gasteiger partial charge < -0.3 is 20.1 Å². The van der Waals surface area contributed by atoms with Gasteiger partial charge in [0.05, 0.1) is 20.3 Å². The fourth-order valence-corrected chi connectivity index (χ4v) is 1.63. The van der Waals surface area contributed by atoms with Gasteiger partial charge in [-0.1, -0.05) is 30.3 Å². The Morgan fingerprint density at radius 2 is 1.90 bits per heavy atom. The molecule has 0 bridgehead atoms. The maximum Gasteiger partial charge on any atom is 0.333 e. The lowest BCUT2D eigenvalue weighted by atomic mass is 10.1. The molecule has 1 aromatic rings. The van der Waals surface area contributed by atoms with Crippen molar-refractivity contribution in [3.8, 4) is 0 Å². The third kappa shape index (κ3) is 5.38. The van der Waals surface area contributed by atoms with Gasteiger partial charge in [0.25, 0.3) is 0 Å². The molecule has 0 radical (unpaired) electrons. The molecule has 1 aromatic carbocycles. The Kier molecular flexibility index (Phi) is 7.31. The topological polar surface area (TPSA) is 76.7 Å². The molecule has 1 unspecified atom stereocenters. The molecule has 0 aliphatic heterocycles. The van der Waals surface area contributed by atoms with Gasteiger partial charge in [0.15, 0.2) is 6.04 Å². The Labute approximate surface area is 118 Å². The van der Waals surface area contributed by atoms with Gasteiger partial charge in [0.1, 0.15) is 0 Å². The molecule has 0 aliphatic carbocycles. The SMILES string of the molecule is COCCNCC(=O)NC(C(=O)OC)c1ccccc1. The smallest absolute Gasteiger partial charge is 0.333 e. The highest BCUT2D eigenvalue weighted by molar-refractivity contribution is 5.86. The highest BCUT2D eigenvalue weighted by atomic mass is 16.5. The number of carbonyl (C=O) groups is 2. The first-order valence-electron chi connectivity index (χ1n) is 6.30. The van der Waals surface area contributed by atoms with Crippen LogP contribution in [0.1, 0.15) is 11.6 Å². The van der Waals surface area contributed by atoms with Crippen molar-refractivity contribution < 1.29 is 19.1 Å². The van der Waals surface area contributed by atoms with Crippen LogP contribution >= 0.6 is 0 Å². The zero-order valence-corrected chi connectivity index (χ0v) is 11.7. The van der Waals surface area contributed by atoms with E-state index in [1.165, 1.54) is 7.11 Å². The molecule has 0 aromatic heterocycles. The van der Waals surface area contributed by atoms with Gasteiger partial charge in [-0.3, -0.25) is 4.79 Å². The first-order chi connectivity index (χ1) is 9.69. The summed E-state index contributed by atoms with van der Waals surface area (Å²) in [6, 6.07) is 8.17. The Morgan fingerprint density at radius 1 is 1.20 bits per heavy atom. The highest BCUT2D eigenvalue weighted by Gasteiger charge is 2.22. The van der Waals surface area contributed by atoms with Crippen LogP contribution in [0.15, 0.2) is 30.3 Å². The Balaban J connectivity index is 2.58. The second kappa shape index (κ2) is 9.06. The van der Waals surface area contributed by atoms with E-state index in [4.69, 9.17) is 9.47 Å². The minimum absolute atomic E-state index is 0.115. The number of hydrogen-bond donors (Lipinski definition) is 2. The predicted octanol–water partition coefficient (Wildman–Crippen LogP) is 0.253. The second-order valence-corrected chi connectivity index (χ2v) is 4.10. The van der Waals surface area contributed by atoms with Crippen molar-refractivity contribution in [2.75, 3.05) is 33.9 Å². The summed E-state index contributed by atoms with van der Waals surface area (Å²) in [5.41, 5.74) is 0.685. The molecule has 0 fully saturated rings. The minimum atomic E-state index is -0.794. The van der Waals surface area contributed by atoms with Crippen LogP contribution in [0.4, 0.5) is 0 Å². The summed E-state index contributed by atoms with van der Waals surface area (Å²) in [6.07, 6.45) is 0. The molecule has 1 rings (SSSR count). The third-order valence-electron chi connectivity index (χ3n) is 2.64. The van der Waals surface area contributed by atoms with Crippen LogP contribution in [0, 0.1) is 0 Å². The summed E-state index contributed by atoms with van der Waals surface area (Å²) in [6.45, 7) is 1.20. The summed E-state index contributed by atoms with van der Waals surface area (Å²) < 4.78 is 9.58. The Morgan fingerprint density at radius 3 is 2.50 bits per heavy atom. The van der Waals surface area contributed by atoms with Crippen molar-refractivity contribution in [2.45, 2.75) is 6.04 Å². The maximum absolute atomic E-state index is 11.8. The summed E-state index contributed by atoms with van der Waals surface area (Å²) >= 11 is 0. The Bertz CT molecular complexity index is 422. The number of amides is 1. The Hall–Kier alpha value is -1.92. The molecule has 20 heavy (non-hydrogen) atoms. The lowest BCUT2D eigenvalue weighted by Gasteiger charge is -2.17. The van der Waals surface area contributed by atoms with Gasteiger partial charge in [-0.15, -0.1) is 0 Å². The van der Waals surface area contributed by atoms with Crippen LogP contribution in [0.3, 0.4) is 0 Å². The van der Waals surface area contributed by atoms with E-state index in [0.717, 1.165) is 0 Å². The van der Waals surface area contributed by atoms with E-state index >= 15 is 0 Å². The van der Waals surface area contributed by atoms with Crippen molar-refractivity contribution >= 4 is 11.9 Å². The van der Waals surface area contributed by atoms with Crippen LogP contribution in [0.5, 0.6) is 0 Å². The number of hydrogen-bond acceptors (Lipinski definition) is 5. The van der Waals surface area contributed by atoms with Gasteiger partial charge >= 0.3 is 5.97 Å². The van der Waals surface area contributed by atoms with E-state index in [1.807, 2.05) is 6.07 Å². The molecule has 110 valence electrons. The third-order valence-corrected chi connectivity index (χ3v) is 2.64. The summed E-state index contributed by atoms with van der Waals surface area (Å²) in [5.74, 6) is -0.776. The van der Waals surface area contributed by atoms with E-state index in [2.05, 4.69) is 10.6 Å². The monoisotopic (exact) mass is 280 g/mol. The molecule has 6 heteroatoms. The molecule has 2 N–H and O–H groups in total. The molecular weight excluding hydrogens is 260 g/mol. The molecule has 0 saturated heterocycles. The predicted molar refractivity (Wildman–Crippen MR) is 74.1 cm³/mol. The maximum atomic E-state index is 11.8. The quantitative estimate of drug-likeness (QED) is 0.527. The van der Waals surface area contributed by atoms with Gasteiger partial charge in [0, 0.05) is 13.7 Å². The van der Waals surface area contributed by atoms with Crippen LogP contribution in [0.25, 0.3) is 0 Å². The lowest BCUT2D eigenvalue weighted by Crippen LogP contribution is -2.40. The average Bonchev–Trinajstić information content (AvgIpc) is 2.49. The molecule has 0 saturated carbocycles. The lowest BCUT2D eigenvalue weighted by molar-refractivity contribution is -0.145. The summed E-state index contributed by atoms with van der Waals surface area (Å²) in [4.78, 5) is 23.5. The van der Waals surface area contributed by atoms with Crippen LogP contribution in [-0.2, 0) is 19.1 Å². The van der Waals surface area contributed by atoms with Crippen molar-refractivity contribution in [1.29, 1.82) is 0 Å². The van der Waals surface area contributed by atoms with E-state index in [-0.39, 0.29) is 12.5 Å². The minimum Gasteiger partial charge on any atom is -0.467 e. The first kappa shape index (κ1) is 16.1. The van der Waals surface area contributed by atoms with E-state index < -0.39 is 12.0 Å². The molecule has 1 atom stereocenters. The molecule has 0 spiro atoms. The number of esters is 1. The second-order valence-electron chi connectivity index (χ2n) is 4.10. The number of methoxy groups -OCH3 is 2. The van der Waals surface area contributed by atoms with E-state index in [9.17, 15) is 9.59 Å². The van der Waals surface area contributed by atoms with Gasteiger partial charge in [-0.05, 0) is 5.56 Å². The first-order valence-corrected chi connectivity index (χ1v) is 6.30. The fraction of sp³-hybridized carbons (Fsp3) is 0.429. The van der Waals surface area contributed by atoms with Crippen molar-refractivity contribution in [1.82, 2.24) is 10.6 Å². The number of ether oxygens (including phenoxy) is 2. The molecule has 0 heterocycles. The van der Waals surface area contributed by atoms with Gasteiger partial charge in [0.2, 0.25) is 5.91 Å². The highest BCUT2D eigenvalue weighted by Crippen LogP contribution is 2.13. The van der Waals surface area contributed by atoms with Crippen molar-refractivity contribution in [3.05, 3.63) is 35.9 Å². The van der Waals surface area contributed by atoms with Crippen LogP contribution in [0.2, 0.25) is 0 Å². The van der Waals surface area contributed by atoms with E-state index in [1.54, 1.807) is 31.4 Å². The molecule has 6 nitrogen and oxygen atoms in total. The number of rotatable bonds is 8. The van der Waals surface area contributed by atoms with Crippen LogP contribution in [-0.4, -0.2) is 45.8 Å². The van der Waals surface area contributed by atoms with Gasteiger partial charge in [-0.25, -0.2) is 4.79 Å². The van der Waals surface area contributed by atoms with Crippen LogP contribution < -0.4 is 10.6 Å². The fourth-order valence-electron chi connectivity index (χ4n) is 1.63. The largest absolute Gasteiger partial charge is 0.467 e. The molecule has 0 aliphatic rings. The standard InChI is InChI=1S/C14H20N2O4/c1-19-9-8-15-10-12(17)16-13(14(18)20-2)11-6-4-3-5-7-11/h3-7,13,15H,8-10H2,1-2H3,(H,16,17). The van der Waals surface area contributed by atoms with Crippen molar-refractivity contribution in [2.24, 2.45) is 0 Å². The average molecular weight is 280 g/mol. The molecular formula is C14H20N2O4. The summed E-state index contributed by atoms with van der Waals surface area (Å²) in [7, 11) is 2.88. The number of carbonyl (C=O) groups excluding carboxylic acids is 2. The number of benzene rings is 1. The normalized spacial score (nSPS) is 11.7. The van der Waals surface area contributed by atoms with Crippen molar-refractivity contribution in [3.63, 3.8) is 0 Å². The zero-order valence-electron chi connectivity index (χ0n) is 11.7. The summed E-state index contributed by atoms with van der Waals surface area (Å²) in [5, 5.41) is 5.55. The zero-order chi connectivity index (χ0) is 14.8. The molecule has 1 amide bonds. The van der Waals surface area contributed by atoms with E-state index in [0.29, 0.717) is 18.7 Å². The number of nitrogens with one attached hydrogen (secondary N) is 2.